The number of hydrogen-bond acceptors (Lipinski definition) is 3. The summed E-state index contributed by atoms with van der Waals surface area (Å²) in [7, 11) is 1.72. The first kappa shape index (κ1) is 11.6. The average Bonchev–Trinajstić information content (AvgIpc) is 2.72. The number of rotatable bonds is 1. The van der Waals surface area contributed by atoms with Gasteiger partial charge in [-0.25, -0.2) is 18.7 Å². The van der Waals surface area contributed by atoms with Crippen molar-refractivity contribution in [3.63, 3.8) is 0 Å². The van der Waals surface area contributed by atoms with Crippen molar-refractivity contribution in [1.82, 2.24) is 14.5 Å². The van der Waals surface area contributed by atoms with Crippen molar-refractivity contribution < 1.29 is 8.78 Å². The molecule has 1 aromatic carbocycles. The molecule has 0 bridgehead atoms. The molecule has 3 rings (SSSR count). The van der Waals surface area contributed by atoms with Crippen LogP contribution in [0.1, 0.15) is 0 Å². The van der Waals surface area contributed by atoms with Crippen LogP contribution in [-0.2, 0) is 7.05 Å². The zero-order valence-corrected chi connectivity index (χ0v) is 10.1. The Kier molecular flexibility index (Phi) is 2.45. The van der Waals surface area contributed by atoms with Gasteiger partial charge in [0.1, 0.15) is 23.0 Å². The Labute approximate surface area is 107 Å². The number of benzene rings is 1. The third kappa shape index (κ3) is 1.72. The van der Waals surface area contributed by atoms with E-state index in [1.165, 1.54) is 6.07 Å². The number of nitrogens with two attached hydrogens (primary N) is 1. The van der Waals surface area contributed by atoms with Gasteiger partial charge >= 0.3 is 0 Å². The van der Waals surface area contributed by atoms with Crippen molar-refractivity contribution in [3.05, 3.63) is 42.1 Å². The van der Waals surface area contributed by atoms with Crippen LogP contribution in [0.15, 0.2) is 30.5 Å². The van der Waals surface area contributed by atoms with Gasteiger partial charge in [0.2, 0.25) is 0 Å². The highest BCUT2D eigenvalue weighted by Gasteiger charge is 2.16. The minimum absolute atomic E-state index is 0.114. The summed E-state index contributed by atoms with van der Waals surface area (Å²) in [6.07, 6.45) is 1.63. The Morgan fingerprint density at radius 3 is 2.74 bits per heavy atom. The molecule has 96 valence electrons. The molecule has 6 heteroatoms. The second kappa shape index (κ2) is 4.01. The van der Waals surface area contributed by atoms with E-state index in [0.29, 0.717) is 17.0 Å². The van der Waals surface area contributed by atoms with Crippen LogP contribution in [0.5, 0.6) is 0 Å². The van der Waals surface area contributed by atoms with Gasteiger partial charge in [-0.1, -0.05) is 0 Å². The fraction of sp³-hybridized carbons (Fsp3) is 0.0769. The SMILES string of the molecule is Cn1c(-c2cc(N)c(F)cc2F)nc2cccnc21. The lowest BCUT2D eigenvalue weighted by molar-refractivity contribution is 0.587. The Hall–Kier alpha value is -2.50. The number of anilines is 1. The van der Waals surface area contributed by atoms with Crippen LogP contribution in [0.25, 0.3) is 22.6 Å². The molecule has 0 aliphatic rings. The monoisotopic (exact) mass is 260 g/mol. The zero-order chi connectivity index (χ0) is 13.6. The molecule has 0 aliphatic heterocycles. The van der Waals surface area contributed by atoms with Gasteiger partial charge in [-0.05, 0) is 18.2 Å². The van der Waals surface area contributed by atoms with Gasteiger partial charge in [0.05, 0.1) is 11.3 Å². The summed E-state index contributed by atoms with van der Waals surface area (Å²) in [6.45, 7) is 0. The molecule has 2 N–H and O–H groups in total. The number of aryl methyl sites for hydroxylation is 1. The van der Waals surface area contributed by atoms with Gasteiger partial charge in [0.15, 0.2) is 5.65 Å². The van der Waals surface area contributed by atoms with Gasteiger partial charge in [-0.3, -0.25) is 0 Å². The molecule has 19 heavy (non-hydrogen) atoms. The first-order chi connectivity index (χ1) is 9.08. The van der Waals surface area contributed by atoms with Crippen LogP contribution in [0.4, 0.5) is 14.5 Å². The summed E-state index contributed by atoms with van der Waals surface area (Å²) >= 11 is 0. The van der Waals surface area contributed by atoms with E-state index in [2.05, 4.69) is 9.97 Å². The minimum Gasteiger partial charge on any atom is -0.396 e. The van der Waals surface area contributed by atoms with Gasteiger partial charge in [0.25, 0.3) is 0 Å². The molecule has 4 nitrogen and oxygen atoms in total. The number of hydrogen-bond donors (Lipinski definition) is 1. The van der Waals surface area contributed by atoms with Crippen LogP contribution in [0.3, 0.4) is 0 Å². The molecule has 3 aromatic rings. The van der Waals surface area contributed by atoms with Crippen molar-refractivity contribution in [2.75, 3.05) is 5.73 Å². The highest BCUT2D eigenvalue weighted by atomic mass is 19.1. The van der Waals surface area contributed by atoms with Crippen LogP contribution in [0, 0.1) is 11.6 Å². The second-order valence-electron chi connectivity index (χ2n) is 4.19. The molecule has 0 saturated carbocycles. The van der Waals surface area contributed by atoms with Crippen LogP contribution >= 0.6 is 0 Å². The summed E-state index contributed by atoms with van der Waals surface area (Å²) in [5.74, 6) is -1.12. The highest BCUT2D eigenvalue weighted by Crippen LogP contribution is 2.27. The lowest BCUT2D eigenvalue weighted by atomic mass is 10.1. The number of halogens is 2. The molecule has 0 saturated heterocycles. The smallest absolute Gasteiger partial charge is 0.160 e. The highest BCUT2D eigenvalue weighted by molar-refractivity contribution is 5.77. The number of aromatic nitrogens is 3. The van der Waals surface area contributed by atoms with E-state index in [0.717, 1.165) is 6.07 Å². The number of fused-ring (bicyclic) bond motifs is 1. The van der Waals surface area contributed by atoms with Crippen molar-refractivity contribution in [1.29, 1.82) is 0 Å². The maximum atomic E-state index is 13.9. The molecule has 0 aliphatic carbocycles. The molecule has 2 aromatic heterocycles. The molecule has 0 unspecified atom stereocenters. The Bertz CT molecular complexity index is 780. The van der Waals surface area contributed by atoms with Crippen molar-refractivity contribution in [2.24, 2.45) is 7.05 Å². The summed E-state index contributed by atoms with van der Waals surface area (Å²) in [5.41, 5.74) is 6.78. The Balaban J connectivity index is 2.30. The fourth-order valence-corrected chi connectivity index (χ4v) is 2.00. The lowest BCUT2D eigenvalue weighted by Gasteiger charge is -2.05. The standard InChI is InChI=1S/C13H10F2N4/c1-19-12(18-11-3-2-4-17-13(11)19)7-5-10(16)9(15)6-8(7)14/h2-6H,16H2,1H3. The average molecular weight is 260 g/mol. The molecule has 0 radical (unpaired) electrons. The zero-order valence-electron chi connectivity index (χ0n) is 10.1. The summed E-state index contributed by atoms with van der Waals surface area (Å²) in [4.78, 5) is 8.47. The molecule has 0 atom stereocenters. The van der Waals surface area contributed by atoms with E-state index < -0.39 is 11.6 Å². The van der Waals surface area contributed by atoms with Gasteiger partial charge in [-0.2, -0.15) is 0 Å². The molecule has 0 spiro atoms. The quantitative estimate of drug-likeness (QED) is 0.684. The van der Waals surface area contributed by atoms with E-state index in [-0.39, 0.29) is 11.3 Å². The van der Waals surface area contributed by atoms with Crippen LogP contribution in [-0.4, -0.2) is 14.5 Å². The molecule has 0 fully saturated rings. The maximum Gasteiger partial charge on any atom is 0.160 e. The van der Waals surface area contributed by atoms with Crippen LogP contribution in [0.2, 0.25) is 0 Å². The van der Waals surface area contributed by atoms with Gasteiger partial charge < -0.3 is 10.3 Å². The first-order valence-electron chi connectivity index (χ1n) is 5.60. The Morgan fingerprint density at radius 1 is 1.21 bits per heavy atom. The first-order valence-corrected chi connectivity index (χ1v) is 5.60. The summed E-state index contributed by atoms with van der Waals surface area (Å²) in [6, 6.07) is 5.52. The van der Waals surface area contributed by atoms with E-state index in [4.69, 9.17) is 5.73 Å². The normalized spacial score (nSPS) is 11.1. The summed E-state index contributed by atoms with van der Waals surface area (Å²) in [5, 5.41) is 0. The molecular weight excluding hydrogens is 250 g/mol. The van der Waals surface area contributed by atoms with Gasteiger partial charge in [0, 0.05) is 19.3 Å². The minimum atomic E-state index is -0.780. The van der Waals surface area contributed by atoms with Crippen molar-refractivity contribution in [3.8, 4) is 11.4 Å². The van der Waals surface area contributed by atoms with Crippen LogP contribution < -0.4 is 5.73 Å². The number of nitrogen functional groups attached to an aromatic ring is 1. The molecule has 2 heterocycles. The van der Waals surface area contributed by atoms with E-state index >= 15 is 0 Å². The Morgan fingerprint density at radius 2 is 2.00 bits per heavy atom. The number of pyridine rings is 1. The van der Waals surface area contributed by atoms with Gasteiger partial charge in [-0.15, -0.1) is 0 Å². The fourth-order valence-electron chi connectivity index (χ4n) is 2.00. The number of imidazole rings is 1. The predicted octanol–water partition coefficient (Wildman–Crippen LogP) is 2.50. The lowest BCUT2D eigenvalue weighted by Crippen LogP contribution is -1.99. The molecular formula is C13H10F2N4. The van der Waals surface area contributed by atoms with E-state index in [9.17, 15) is 8.78 Å². The maximum absolute atomic E-state index is 13.9. The topological polar surface area (TPSA) is 56.7 Å². The van der Waals surface area contributed by atoms with Crippen molar-refractivity contribution >= 4 is 16.9 Å². The largest absolute Gasteiger partial charge is 0.396 e. The molecule has 0 amide bonds. The van der Waals surface area contributed by atoms with E-state index in [1.807, 2.05) is 0 Å². The number of nitrogens with zero attached hydrogens (tertiary/aromatic N) is 3. The third-order valence-electron chi connectivity index (χ3n) is 2.96. The van der Waals surface area contributed by atoms with E-state index in [1.54, 1.807) is 29.9 Å². The second-order valence-corrected chi connectivity index (χ2v) is 4.19. The third-order valence-corrected chi connectivity index (χ3v) is 2.96. The van der Waals surface area contributed by atoms with Crippen molar-refractivity contribution in [2.45, 2.75) is 0 Å². The predicted molar refractivity (Wildman–Crippen MR) is 68.3 cm³/mol. The summed E-state index contributed by atoms with van der Waals surface area (Å²) < 4.78 is 28.7.